The molecule has 0 unspecified atom stereocenters. The Bertz CT molecular complexity index is 1770. The molecule has 3 aromatic carbocycles. The fraction of sp³-hybridized carbons (Fsp3) is 0.378. The van der Waals surface area contributed by atoms with Crippen LogP contribution in [0.5, 0.6) is 0 Å². The zero-order valence-corrected chi connectivity index (χ0v) is 25.9. The number of halogens is 1. The molecule has 2 saturated heterocycles. The summed E-state index contributed by atoms with van der Waals surface area (Å²) in [6, 6.07) is 25.3. The molecule has 2 bridgehead atoms. The molecule has 4 aliphatic rings. The number of hydrogen-bond donors (Lipinski definition) is 0. The molecule has 2 aliphatic heterocycles. The van der Waals surface area contributed by atoms with Crippen molar-refractivity contribution in [2.24, 2.45) is 5.41 Å². The highest BCUT2D eigenvalue weighted by Crippen LogP contribution is 2.55. The van der Waals surface area contributed by atoms with Crippen molar-refractivity contribution < 1.29 is 13.9 Å². The van der Waals surface area contributed by atoms with Gasteiger partial charge in [0.2, 0.25) is 0 Å². The van der Waals surface area contributed by atoms with Crippen LogP contribution in [0.25, 0.3) is 21.3 Å². The van der Waals surface area contributed by atoms with Crippen LogP contribution < -0.4 is 4.90 Å². The lowest BCUT2D eigenvalue weighted by molar-refractivity contribution is -0.186. The summed E-state index contributed by atoms with van der Waals surface area (Å²) in [5.74, 6) is -0.229. The number of alkyl halides is 1. The van der Waals surface area contributed by atoms with Gasteiger partial charge in [-0.1, -0.05) is 49.0 Å². The van der Waals surface area contributed by atoms with Crippen LogP contribution in [0, 0.1) is 23.7 Å². The summed E-state index contributed by atoms with van der Waals surface area (Å²) in [4.78, 5) is 20.2. The van der Waals surface area contributed by atoms with Gasteiger partial charge in [0.25, 0.3) is 5.91 Å². The molecule has 2 aliphatic carbocycles. The van der Waals surface area contributed by atoms with Gasteiger partial charge in [-0.2, -0.15) is 5.26 Å². The van der Waals surface area contributed by atoms with Crippen molar-refractivity contribution in [3.8, 4) is 17.2 Å². The van der Waals surface area contributed by atoms with Gasteiger partial charge >= 0.3 is 0 Å². The van der Waals surface area contributed by atoms with Gasteiger partial charge < -0.3 is 9.64 Å². The average molecular weight is 606 g/mol. The van der Waals surface area contributed by atoms with Crippen molar-refractivity contribution in [2.75, 3.05) is 24.7 Å². The fourth-order valence-electron chi connectivity index (χ4n) is 7.12. The van der Waals surface area contributed by atoms with Crippen molar-refractivity contribution in [1.82, 2.24) is 4.98 Å². The van der Waals surface area contributed by atoms with E-state index < -0.39 is 6.67 Å². The van der Waals surface area contributed by atoms with Gasteiger partial charge in [-0.15, -0.1) is 11.3 Å². The molecule has 224 valence electrons. The summed E-state index contributed by atoms with van der Waals surface area (Å²) in [6.07, 6.45) is 5.49. The van der Waals surface area contributed by atoms with Gasteiger partial charge in [-0.3, -0.25) is 9.18 Å². The Labute approximate surface area is 262 Å². The second-order valence-corrected chi connectivity index (χ2v) is 14.2. The number of carbonyl (C=O) groups is 1. The Balaban J connectivity index is 1.14. The molecule has 4 aromatic rings. The number of anilines is 1. The quantitative estimate of drug-likeness (QED) is 0.179. The van der Waals surface area contributed by atoms with Gasteiger partial charge in [0, 0.05) is 29.6 Å². The molecule has 3 heterocycles. The molecule has 0 atom stereocenters. The summed E-state index contributed by atoms with van der Waals surface area (Å²) >= 11 is 1.67. The average Bonchev–Trinajstić information content (AvgIpc) is 3.78. The van der Waals surface area contributed by atoms with Crippen LogP contribution in [0.1, 0.15) is 61.1 Å². The SMILES string of the molecule is C=C(CCF)C(=O)N(CC12CCC(c3ccc(C4(C#N)CC4)cc3)(CC1)OC2)c1cccc(-c2ccc3nc(C)sc3c2)c1. The standard InChI is InChI=1S/C37H36FN3O2S/c1-25(12-19-38)34(42)41(31-5-3-4-27(20-31)28-6-11-32-33(21-28)44-26(2)40-32)23-35-13-17-37(18-14-35,43-24-35)30-9-7-29(8-10-30)36(22-39)15-16-36/h3-11,20-21H,1,12-19,23-24H2,2H3. The number of hydrogen-bond acceptors (Lipinski definition) is 5. The Hall–Kier alpha value is -3.86. The third-order valence-electron chi connectivity index (χ3n) is 10.1. The minimum Gasteiger partial charge on any atom is -0.370 e. The molecule has 5 nitrogen and oxygen atoms in total. The Morgan fingerprint density at radius 2 is 1.75 bits per heavy atom. The Morgan fingerprint density at radius 3 is 2.41 bits per heavy atom. The number of nitrogens with zero attached hydrogens (tertiary/aromatic N) is 3. The van der Waals surface area contributed by atoms with E-state index in [2.05, 4.69) is 66.2 Å². The van der Waals surface area contributed by atoms with Gasteiger partial charge in [0.15, 0.2) is 0 Å². The lowest BCUT2D eigenvalue weighted by atomic mass is 9.64. The van der Waals surface area contributed by atoms with Crippen molar-refractivity contribution in [3.63, 3.8) is 0 Å². The van der Waals surface area contributed by atoms with Gasteiger partial charge in [-0.05, 0) is 92.0 Å². The maximum atomic E-state index is 13.8. The van der Waals surface area contributed by atoms with E-state index in [-0.39, 0.29) is 34.3 Å². The second-order valence-electron chi connectivity index (χ2n) is 13.0. The van der Waals surface area contributed by atoms with Gasteiger partial charge in [0.05, 0.1) is 45.6 Å². The molecule has 7 heteroatoms. The van der Waals surface area contributed by atoms with Crippen molar-refractivity contribution in [2.45, 2.75) is 62.9 Å². The highest BCUT2D eigenvalue weighted by atomic mass is 32.1. The van der Waals surface area contributed by atoms with E-state index in [1.807, 2.05) is 30.0 Å². The molecule has 0 radical (unpaired) electrons. The molecule has 44 heavy (non-hydrogen) atoms. The Kier molecular flexibility index (Phi) is 7.18. The molecule has 0 N–H and O–H groups in total. The lowest BCUT2D eigenvalue weighted by Crippen LogP contribution is -2.54. The number of amides is 1. The maximum absolute atomic E-state index is 13.8. The maximum Gasteiger partial charge on any atom is 0.253 e. The largest absolute Gasteiger partial charge is 0.370 e. The monoisotopic (exact) mass is 605 g/mol. The first-order valence-electron chi connectivity index (χ1n) is 15.5. The highest BCUT2D eigenvalue weighted by Gasteiger charge is 2.52. The molecular weight excluding hydrogens is 569 g/mol. The number of carbonyl (C=O) groups excluding carboxylic acids is 1. The first-order valence-corrected chi connectivity index (χ1v) is 16.3. The van der Waals surface area contributed by atoms with Crippen LogP contribution in [0.4, 0.5) is 10.1 Å². The molecule has 8 rings (SSSR count). The van der Waals surface area contributed by atoms with E-state index >= 15 is 0 Å². The van der Waals surface area contributed by atoms with Crippen molar-refractivity contribution in [3.05, 3.63) is 95.0 Å². The third kappa shape index (κ3) is 5.04. The number of ether oxygens (including phenoxy) is 1. The molecule has 1 amide bonds. The fourth-order valence-corrected chi connectivity index (χ4v) is 7.99. The van der Waals surface area contributed by atoms with E-state index in [9.17, 15) is 14.4 Å². The number of aryl methyl sites for hydroxylation is 1. The lowest BCUT2D eigenvalue weighted by Gasteiger charge is -2.54. The summed E-state index contributed by atoms with van der Waals surface area (Å²) in [5, 5.41) is 10.6. The summed E-state index contributed by atoms with van der Waals surface area (Å²) < 4.78 is 21.2. The first kappa shape index (κ1) is 28.9. The predicted molar refractivity (Wildman–Crippen MR) is 173 cm³/mol. The Morgan fingerprint density at radius 1 is 1.02 bits per heavy atom. The van der Waals surface area contributed by atoms with Crippen LogP contribution in [0.15, 0.2) is 78.9 Å². The minimum atomic E-state index is -0.613. The number of rotatable bonds is 9. The highest BCUT2D eigenvalue weighted by molar-refractivity contribution is 7.18. The van der Waals surface area contributed by atoms with E-state index in [1.54, 1.807) is 11.3 Å². The van der Waals surface area contributed by atoms with E-state index in [1.165, 1.54) is 5.56 Å². The summed E-state index contributed by atoms with van der Waals surface area (Å²) in [6.45, 7) is 6.40. The summed E-state index contributed by atoms with van der Waals surface area (Å²) in [7, 11) is 0. The van der Waals surface area contributed by atoms with Gasteiger partial charge in [0.1, 0.15) is 0 Å². The van der Waals surface area contributed by atoms with Crippen LogP contribution in [-0.2, 0) is 20.5 Å². The van der Waals surface area contributed by atoms with E-state index in [4.69, 9.17) is 4.74 Å². The van der Waals surface area contributed by atoms with Gasteiger partial charge in [-0.25, -0.2) is 4.98 Å². The van der Waals surface area contributed by atoms with E-state index in [0.717, 1.165) is 76.1 Å². The zero-order valence-electron chi connectivity index (χ0n) is 25.1. The number of aromatic nitrogens is 1. The minimum absolute atomic E-state index is 0.0200. The number of nitriles is 1. The van der Waals surface area contributed by atoms with Crippen LogP contribution in [0.3, 0.4) is 0 Å². The molecule has 0 spiro atoms. The first-order chi connectivity index (χ1) is 21.3. The van der Waals surface area contributed by atoms with Crippen LogP contribution >= 0.6 is 11.3 Å². The number of thiazole rings is 1. The number of fused-ring (bicyclic) bond motifs is 4. The molecule has 4 fully saturated rings. The van der Waals surface area contributed by atoms with E-state index in [0.29, 0.717) is 13.2 Å². The molecule has 1 aromatic heterocycles. The molecule has 2 saturated carbocycles. The second kappa shape index (κ2) is 10.9. The topological polar surface area (TPSA) is 66.2 Å². The third-order valence-corrected chi connectivity index (χ3v) is 11.1. The normalized spacial score (nSPS) is 23.3. The van der Waals surface area contributed by atoms with Crippen LogP contribution in [-0.4, -0.2) is 30.7 Å². The smallest absolute Gasteiger partial charge is 0.253 e. The number of benzene rings is 3. The zero-order chi connectivity index (χ0) is 30.5. The predicted octanol–water partition coefficient (Wildman–Crippen LogP) is 8.56. The van der Waals surface area contributed by atoms with Crippen molar-refractivity contribution >= 4 is 33.1 Å². The summed E-state index contributed by atoms with van der Waals surface area (Å²) in [5.41, 5.74) is 5.59. The van der Waals surface area contributed by atoms with Crippen LogP contribution in [0.2, 0.25) is 0 Å². The molecular formula is C37H36FN3O2S. The van der Waals surface area contributed by atoms with Crippen molar-refractivity contribution in [1.29, 1.82) is 5.26 Å².